The molecular formula is C22H25ClN4O4. The number of nitrogens with zero attached hydrogens (tertiary/aromatic N) is 3. The molecule has 1 aliphatic carbocycles. The molecule has 1 atom stereocenters. The van der Waals surface area contributed by atoms with Crippen LogP contribution in [0.4, 0.5) is 0 Å². The average molecular weight is 445 g/mol. The number of hydrogen-bond acceptors (Lipinski definition) is 7. The van der Waals surface area contributed by atoms with Gasteiger partial charge in [-0.2, -0.15) is 5.26 Å². The molecule has 2 aromatic rings. The molecule has 1 amide bonds. The van der Waals surface area contributed by atoms with Crippen LogP contribution in [-0.2, 0) is 16.1 Å². The van der Waals surface area contributed by atoms with Crippen LogP contribution in [-0.4, -0.2) is 41.2 Å². The van der Waals surface area contributed by atoms with Gasteiger partial charge in [-0.05, 0) is 43.4 Å². The zero-order valence-electron chi connectivity index (χ0n) is 17.5. The van der Waals surface area contributed by atoms with Gasteiger partial charge in [0.2, 0.25) is 17.7 Å². The zero-order valence-corrected chi connectivity index (χ0v) is 18.3. The minimum atomic E-state index is -0.0586. The van der Waals surface area contributed by atoms with Gasteiger partial charge in [-0.15, -0.1) is 0 Å². The molecule has 0 bridgehead atoms. The first-order chi connectivity index (χ1) is 14.9. The van der Waals surface area contributed by atoms with Crippen LogP contribution in [0.3, 0.4) is 0 Å². The Bertz CT molecular complexity index is 943. The number of hydrogen-bond donors (Lipinski definition) is 1. The lowest BCUT2D eigenvalue weighted by Crippen LogP contribution is -2.40. The predicted octanol–water partition coefficient (Wildman–Crippen LogP) is 3.28. The van der Waals surface area contributed by atoms with Crippen molar-refractivity contribution in [3.63, 3.8) is 0 Å². The van der Waals surface area contributed by atoms with E-state index in [0.29, 0.717) is 24.7 Å². The molecule has 164 valence electrons. The van der Waals surface area contributed by atoms with E-state index in [4.69, 9.17) is 31.1 Å². The summed E-state index contributed by atoms with van der Waals surface area (Å²) >= 11 is 6.35. The summed E-state index contributed by atoms with van der Waals surface area (Å²) in [5, 5.41) is 12.0. The third kappa shape index (κ3) is 6.81. The molecule has 31 heavy (non-hydrogen) atoms. The Morgan fingerprint density at radius 2 is 2.06 bits per heavy atom. The van der Waals surface area contributed by atoms with Crippen LogP contribution in [0.15, 0.2) is 30.6 Å². The molecule has 0 saturated heterocycles. The van der Waals surface area contributed by atoms with E-state index in [2.05, 4.69) is 21.4 Å². The highest BCUT2D eigenvalue weighted by Gasteiger charge is 2.31. The monoisotopic (exact) mass is 444 g/mol. The summed E-state index contributed by atoms with van der Waals surface area (Å²) in [5.41, 5.74) is 1.40. The highest BCUT2D eigenvalue weighted by atomic mass is 35.5. The van der Waals surface area contributed by atoms with Gasteiger partial charge >= 0.3 is 0 Å². The number of aromatic nitrogens is 2. The summed E-state index contributed by atoms with van der Waals surface area (Å²) in [4.78, 5) is 19.2. The molecule has 1 fully saturated rings. The number of amides is 1. The molecule has 1 heterocycles. The predicted molar refractivity (Wildman–Crippen MR) is 114 cm³/mol. The van der Waals surface area contributed by atoms with E-state index in [1.807, 2.05) is 13.0 Å². The molecule has 0 spiro atoms. The maximum Gasteiger partial charge on any atom is 0.240 e. The quantitative estimate of drug-likeness (QED) is 0.599. The summed E-state index contributed by atoms with van der Waals surface area (Å²) in [7, 11) is 0. The fourth-order valence-corrected chi connectivity index (χ4v) is 3.44. The summed E-state index contributed by atoms with van der Waals surface area (Å²) in [5.74, 6) is 0.804. The van der Waals surface area contributed by atoms with Gasteiger partial charge in [-0.25, -0.2) is 9.97 Å². The van der Waals surface area contributed by atoms with Crippen LogP contribution < -0.4 is 14.8 Å². The fourth-order valence-electron chi connectivity index (χ4n) is 3.23. The highest BCUT2D eigenvalue weighted by Crippen LogP contribution is 2.34. The molecule has 1 N–H and O–H groups in total. The minimum absolute atomic E-state index is 0.00609. The highest BCUT2D eigenvalue weighted by molar-refractivity contribution is 6.33. The van der Waals surface area contributed by atoms with Gasteiger partial charge in [0.1, 0.15) is 12.9 Å². The van der Waals surface area contributed by atoms with Crippen molar-refractivity contribution >= 4 is 17.5 Å². The van der Waals surface area contributed by atoms with Crippen LogP contribution in [0.25, 0.3) is 0 Å². The van der Waals surface area contributed by atoms with Crippen LogP contribution in [0.2, 0.25) is 5.02 Å². The Hall–Kier alpha value is -2.89. The third-order valence-corrected chi connectivity index (χ3v) is 5.16. The van der Waals surface area contributed by atoms with Crippen molar-refractivity contribution < 1.29 is 19.0 Å². The van der Waals surface area contributed by atoms with Crippen molar-refractivity contribution in [3.8, 4) is 17.8 Å². The number of carbonyl (C=O) groups excluding carboxylic acids is 1. The van der Waals surface area contributed by atoms with Gasteiger partial charge < -0.3 is 19.5 Å². The van der Waals surface area contributed by atoms with E-state index in [1.54, 1.807) is 18.2 Å². The number of halogens is 1. The maximum atomic E-state index is 11.0. The van der Waals surface area contributed by atoms with Gasteiger partial charge in [0.05, 0.1) is 31.0 Å². The molecule has 1 aromatic heterocycles. The molecular weight excluding hydrogens is 420 g/mol. The number of carbonyl (C=O) groups is 1. The normalized spacial score (nSPS) is 18.4. The summed E-state index contributed by atoms with van der Waals surface area (Å²) in [6, 6.07) is 9.22. The lowest BCUT2D eigenvalue weighted by molar-refractivity contribution is -0.120. The second-order valence-electron chi connectivity index (χ2n) is 7.60. The van der Waals surface area contributed by atoms with E-state index in [-0.39, 0.29) is 41.4 Å². The van der Waals surface area contributed by atoms with Crippen molar-refractivity contribution in [1.29, 1.82) is 5.26 Å². The van der Waals surface area contributed by atoms with E-state index >= 15 is 0 Å². The van der Waals surface area contributed by atoms with Crippen LogP contribution in [0, 0.1) is 17.2 Å². The molecule has 0 aliphatic heterocycles. The maximum absolute atomic E-state index is 11.0. The second kappa shape index (κ2) is 10.9. The van der Waals surface area contributed by atoms with Crippen LogP contribution in [0.1, 0.15) is 37.8 Å². The SMILES string of the molecule is CC(=O)N[C@@H](C)COC1CC(COc2ncnc(OCc3cccc(C#N)c3)c2Cl)C1. The average Bonchev–Trinajstić information content (AvgIpc) is 2.72. The zero-order chi connectivity index (χ0) is 22.2. The largest absolute Gasteiger partial charge is 0.476 e. The molecule has 0 unspecified atom stereocenters. The first-order valence-electron chi connectivity index (χ1n) is 10.1. The molecule has 1 saturated carbocycles. The third-order valence-electron chi connectivity index (χ3n) is 4.84. The molecule has 9 heteroatoms. The Kier molecular flexibility index (Phi) is 8.04. The molecule has 8 nitrogen and oxygen atoms in total. The summed E-state index contributed by atoms with van der Waals surface area (Å²) < 4.78 is 17.3. The lowest BCUT2D eigenvalue weighted by atomic mass is 9.83. The Balaban J connectivity index is 1.43. The smallest absolute Gasteiger partial charge is 0.240 e. The van der Waals surface area contributed by atoms with Gasteiger partial charge in [0.15, 0.2) is 5.02 Å². The molecule has 0 radical (unpaired) electrons. The number of nitriles is 1. The Morgan fingerprint density at radius 3 is 2.77 bits per heavy atom. The molecule has 1 aliphatic rings. The first-order valence-corrected chi connectivity index (χ1v) is 10.5. The van der Waals surface area contributed by atoms with Gasteiger partial charge in [-0.1, -0.05) is 23.7 Å². The number of ether oxygens (including phenoxy) is 3. The second-order valence-corrected chi connectivity index (χ2v) is 7.98. The topological polar surface area (TPSA) is 106 Å². The van der Waals surface area contributed by atoms with Gasteiger partial charge in [0.25, 0.3) is 0 Å². The van der Waals surface area contributed by atoms with Crippen molar-refractivity contribution in [2.45, 2.75) is 45.4 Å². The van der Waals surface area contributed by atoms with E-state index < -0.39 is 0 Å². The van der Waals surface area contributed by atoms with Crippen molar-refractivity contribution in [2.75, 3.05) is 13.2 Å². The summed E-state index contributed by atoms with van der Waals surface area (Å²) in [6.45, 7) is 4.60. The van der Waals surface area contributed by atoms with Crippen molar-refractivity contribution in [3.05, 3.63) is 46.7 Å². The number of rotatable bonds is 10. The number of benzene rings is 1. The first kappa shape index (κ1) is 22.8. The molecule has 3 rings (SSSR count). The van der Waals surface area contributed by atoms with E-state index in [1.165, 1.54) is 13.3 Å². The number of nitrogens with one attached hydrogen (secondary N) is 1. The van der Waals surface area contributed by atoms with Gasteiger partial charge in [-0.3, -0.25) is 4.79 Å². The van der Waals surface area contributed by atoms with E-state index in [9.17, 15) is 4.79 Å². The van der Waals surface area contributed by atoms with E-state index in [0.717, 1.165) is 18.4 Å². The summed E-state index contributed by atoms with van der Waals surface area (Å²) in [6.07, 6.45) is 3.29. The van der Waals surface area contributed by atoms with Crippen molar-refractivity contribution in [2.24, 2.45) is 5.92 Å². The van der Waals surface area contributed by atoms with Crippen molar-refractivity contribution in [1.82, 2.24) is 15.3 Å². The van der Waals surface area contributed by atoms with Gasteiger partial charge in [0, 0.05) is 13.0 Å². The standard InChI is InChI=1S/C22H25ClN4O4/c1-14(27-15(2)28)10-29-19-7-18(8-19)12-31-22-20(23)21(25-13-26-22)30-11-17-5-3-4-16(6-17)9-24/h3-6,13-14,18-19H,7-8,10-12H2,1-2H3,(H,27,28)/t14-,18?,19?/m0/s1. The van der Waals surface area contributed by atoms with Crippen LogP contribution in [0.5, 0.6) is 11.8 Å². The Labute approximate surface area is 186 Å². The Morgan fingerprint density at radius 1 is 1.32 bits per heavy atom. The fraction of sp³-hybridized carbons (Fsp3) is 0.455. The van der Waals surface area contributed by atoms with Crippen LogP contribution >= 0.6 is 11.6 Å². The lowest BCUT2D eigenvalue weighted by Gasteiger charge is -2.35. The molecule has 1 aromatic carbocycles. The minimum Gasteiger partial charge on any atom is -0.476 e.